The number of benzene rings is 1. The molecule has 7 nitrogen and oxygen atoms in total. The first-order chi connectivity index (χ1) is 14.2. The van der Waals surface area contributed by atoms with Gasteiger partial charge in [-0.2, -0.15) is 0 Å². The van der Waals surface area contributed by atoms with Crippen molar-refractivity contribution in [3.05, 3.63) is 60.9 Å². The van der Waals surface area contributed by atoms with Gasteiger partial charge in [-0.05, 0) is 36.4 Å². The molecule has 1 aliphatic heterocycles. The van der Waals surface area contributed by atoms with Crippen molar-refractivity contribution in [3.63, 3.8) is 0 Å². The van der Waals surface area contributed by atoms with E-state index in [2.05, 4.69) is 20.1 Å². The Kier molecular flexibility index (Phi) is 4.20. The highest BCUT2D eigenvalue weighted by atomic mass is 16.3. The number of para-hydroxylation sites is 1. The van der Waals surface area contributed by atoms with Crippen molar-refractivity contribution in [3.8, 4) is 22.7 Å². The Morgan fingerprint density at radius 3 is 2.55 bits per heavy atom. The fraction of sp³-hybridized carbons (Fsp3) is 0.182. The Hall–Kier alpha value is -3.74. The SMILES string of the molecule is O=C1CCN(c2ccc(-n3ccc4nnc(-c5ccccc5O)cc43)cn2)CC1. The topological polar surface area (TPSA) is 84.1 Å². The van der Waals surface area contributed by atoms with E-state index in [1.807, 2.05) is 53.4 Å². The van der Waals surface area contributed by atoms with Crippen LogP contribution in [0.3, 0.4) is 0 Å². The monoisotopic (exact) mass is 385 g/mol. The van der Waals surface area contributed by atoms with Gasteiger partial charge in [-0.3, -0.25) is 4.79 Å². The zero-order valence-electron chi connectivity index (χ0n) is 15.7. The van der Waals surface area contributed by atoms with E-state index in [9.17, 15) is 9.90 Å². The number of carbonyl (C=O) groups is 1. The standard InChI is InChI=1S/C22H19N5O2/c28-16-7-10-26(11-8-16)22-6-5-15(14-23-22)27-12-9-18-20(27)13-19(25-24-18)17-3-1-2-4-21(17)29/h1-6,9,12-14,29H,7-8,10-11H2. The van der Waals surface area contributed by atoms with Crippen molar-refractivity contribution in [1.29, 1.82) is 0 Å². The molecule has 5 rings (SSSR count). The summed E-state index contributed by atoms with van der Waals surface area (Å²) in [7, 11) is 0. The van der Waals surface area contributed by atoms with Crippen LogP contribution in [0.4, 0.5) is 5.82 Å². The minimum absolute atomic E-state index is 0.172. The predicted octanol–water partition coefficient (Wildman–Crippen LogP) is 3.36. The first-order valence-corrected chi connectivity index (χ1v) is 9.55. The smallest absolute Gasteiger partial charge is 0.136 e. The van der Waals surface area contributed by atoms with Gasteiger partial charge in [0.1, 0.15) is 22.9 Å². The zero-order chi connectivity index (χ0) is 19.8. The van der Waals surface area contributed by atoms with Gasteiger partial charge in [0, 0.05) is 37.7 Å². The van der Waals surface area contributed by atoms with E-state index in [4.69, 9.17) is 0 Å². The second kappa shape index (κ2) is 7.01. The fourth-order valence-corrected chi connectivity index (χ4v) is 3.67. The minimum Gasteiger partial charge on any atom is -0.507 e. The number of rotatable bonds is 3. The highest BCUT2D eigenvalue weighted by Gasteiger charge is 2.17. The molecule has 0 amide bonds. The molecule has 0 aliphatic carbocycles. The van der Waals surface area contributed by atoms with Crippen LogP contribution in [0.1, 0.15) is 12.8 Å². The quantitative estimate of drug-likeness (QED) is 0.582. The molecule has 0 spiro atoms. The average molecular weight is 385 g/mol. The van der Waals surface area contributed by atoms with Crippen LogP contribution in [0.5, 0.6) is 5.75 Å². The van der Waals surface area contributed by atoms with E-state index in [0.29, 0.717) is 29.9 Å². The van der Waals surface area contributed by atoms with Crippen molar-refractivity contribution in [1.82, 2.24) is 19.7 Å². The number of phenolic OH excluding ortho intramolecular Hbond substituents is 1. The van der Waals surface area contributed by atoms with E-state index in [-0.39, 0.29) is 5.75 Å². The molecule has 0 bridgehead atoms. The number of hydrogen-bond acceptors (Lipinski definition) is 6. The van der Waals surface area contributed by atoms with Crippen molar-refractivity contribution >= 4 is 22.6 Å². The van der Waals surface area contributed by atoms with Gasteiger partial charge in [0.25, 0.3) is 0 Å². The fourth-order valence-electron chi connectivity index (χ4n) is 3.67. The number of Topliss-reactive ketones (excluding diaryl/α,β-unsaturated/α-hetero) is 1. The lowest BCUT2D eigenvalue weighted by Gasteiger charge is -2.27. The Morgan fingerprint density at radius 1 is 0.966 bits per heavy atom. The van der Waals surface area contributed by atoms with Gasteiger partial charge in [0.15, 0.2) is 0 Å². The molecule has 7 heteroatoms. The summed E-state index contributed by atoms with van der Waals surface area (Å²) < 4.78 is 2.00. The van der Waals surface area contributed by atoms with Crippen LogP contribution < -0.4 is 4.90 Å². The summed E-state index contributed by atoms with van der Waals surface area (Å²) in [6.45, 7) is 1.44. The molecule has 0 atom stereocenters. The van der Waals surface area contributed by atoms with Crippen LogP contribution in [-0.2, 0) is 4.79 Å². The summed E-state index contributed by atoms with van der Waals surface area (Å²) in [6.07, 6.45) is 4.93. The van der Waals surface area contributed by atoms with Gasteiger partial charge in [0.05, 0.1) is 23.1 Å². The lowest BCUT2D eigenvalue weighted by Crippen LogP contribution is -2.34. The summed E-state index contributed by atoms with van der Waals surface area (Å²) >= 11 is 0. The highest BCUT2D eigenvalue weighted by Crippen LogP contribution is 2.29. The summed E-state index contributed by atoms with van der Waals surface area (Å²) in [5.74, 6) is 1.37. The number of pyridine rings is 1. The third-order valence-corrected chi connectivity index (χ3v) is 5.28. The molecule has 4 heterocycles. The predicted molar refractivity (Wildman–Crippen MR) is 110 cm³/mol. The molecule has 1 aromatic carbocycles. The maximum atomic E-state index is 11.4. The maximum absolute atomic E-state index is 11.4. The molecule has 0 saturated carbocycles. The molecule has 1 saturated heterocycles. The summed E-state index contributed by atoms with van der Waals surface area (Å²) in [5.41, 5.74) is 3.81. The largest absolute Gasteiger partial charge is 0.507 e. The highest BCUT2D eigenvalue weighted by molar-refractivity contribution is 5.82. The number of anilines is 1. The van der Waals surface area contributed by atoms with Gasteiger partial charge < -0.3 is 14.6 Å². The molecular formula is C22H19N5O2. The lowest BCUT2D eigenvalue weighted by atomic mass is 10.1. The minimum atomic E-state index is 0.172. The van der Waals surface area contributed by atoms with Crippen LogP contribution in [0.25, 0.3) is 28.0 Å². The molecule has 4 aromatic rings. The number of aromatic hydroxyl groups is 1. The normalized spacial score (nSPS) is 14.5. The van der Waals surface area contributed by atoms with Crippen LogP contribution in [0.2, 0.25) is 0 Å². The molecule has 1 N–H and O–H groups in total. The van der Waals surface area contributed by atoms with E-state index < -0.39 is 0 Å². The summed E-state index contributed by atoms with van der Waals surface area (Å²) in [5, 5.41) is 18.7. The molecule has 29 heavy (non-hydrogen) atoms. The Bertz CT molecular complexity index is 1190. The van der Waals surface area contributed by atoms with E-state index in [0.717, 1.165) is 35.6 Å². The summed E-state index contributed by atoms with van der Waals surface area (Å²) in [6, 6.07) is 14.9. The Balaban J connectivity index is 1.49. The first-order valence-electron chi connectivity index (χ1n) is 9.55. The van der Waals surface area contributed by atoms with Crippen molar-refractivity contribution < 1.29 is 9.90 Å². The third kappa shape index (κ3) is 3.20. The molecule has 1 aliphatic rings. The number of nitrogens with zero attached hydrogens (tertiary/aromatic N) is 5. The van der Waals surface area contributed by atoms with Crippen LogP contribution in [-0.4, -0.2) is 43.7 Å². The zero-order valence-corrected chi connectivity index (χ0v) is 15.7. The second-order valence-corrected chi connectivity index (χ2v) is 7.10. The Labute approximate surface area is 167 Å². The molecule has 0 unspecified atom stereocenters. The number of carbonyl (C=O) groups excluding carboxylic acids is 1. The summed E-state index contributed by atoms with van der Waals surface area (Å²) in [4.78, 5) is 18.2. The van der Waals surface area contributed by atoms with Crippen molar-refractivity contribution in [2.45, 2.75) is 12.8 Å². The van der Waals surface area contributed by atoms with Crippen LogP contribution >= 0.6 is 0 Å². The third-order valence-electron chi connectivity index (χ3n) is 5.28. The average Bonchev–Trinajstić information content (AvgIpc) is 3.18. The number of piperidine rings is 1. The number of aromatic nitrogens is 4. The number of hydrogen-bond donors (Lipinski definition) is 1. The Morgan fingerprint density at radius 2 is 1.79 bits per heavy atom. The van der Waals surface area contributed by atoms with Crippen LogP contribution in [0, 0.1) is 0 Å². The van der Waals surface area contributed by atoms with Gasteiger partial charge in [-0.1, -0.05) is 12.1 Å². The van der Waals surface area contributed by atoms with Gasteiger partial charge in [0.2, 0.25) is 0 Å². The van der Waals surface area contributed by atoms with E-state index in [1.165, 1.54) is 0 Å². The van der Waals surface area contributed by atoms with Gasteiger partial charge in [-0.15, -0.1) is 10.2 Å². The maximum Gasteiger partial charge on any atom is 0.136 e. The number of fused-ring (bicyclic) bond motifs is 1. The number of ketones is 1. The first kappa shape index (κ1) is 17.4. The number of phenols is 1. The van der Waals surface area contributed by atoms with E-state index >= 15 is 0 Å². The molecule has 144 valence electrons. The van der Waals surface area contributed by atoms with Crippen LogP contribution in [0.15, 0.2) is 60.9 Å². The lowest BCUT2D eigenvalue weighted by molar-refractivity contribution is -0.119. The van der Waals surface area contributed by atoms with Gasteiger partial charge in [-0.25, -0.2) is 4.98 Å². The second-order valence-electron chi connectivity index (χ2n) is 7.10. The van der Waals surface area contributed by atoms with E-state index in [1.54, 1.807) is 12.1 Å². The molecule has 1 fully saturated rings. The molecular weight excluding hydrogens is 366 g/mol. The van der Waals surface area contributed by atoms with Crippen molar-refractivity contribution in [2.75, 3.05) is 18.0 Å². The van der Waals surface area contributed by atoms with Gasteiger partial charge >= 0.3 is 0 Å². The molecule has 3 aromatic heterocycles. The molecule has 0 radical (unpaired) electrons. The van der Waals surface area contributed by atoms with Crippen molar-refractivity contribution in [2.24, 2.45) is 0 Å².